The molecule has 2 aliphatic rings. The fourth-order valence-corrected chi connectivity index (χ4v) is 3.74. The summed E-state index contributed by atoms with van der Waals surface area (Å²) in [4.78, 5) is 15.6. The maximum atomic E-state index is 12.3. The van der Waals surface area contributed by atoms with Crippen LogP contribution in [0.25, 0.3) is 0 Å². The molecule has 2 unspecified atom stereocenters. The van der Waals surface area contributed by atoms with Crippen LogP contribution in [0.3, 0.4) is 0 Å². The third kappa shape index (κ3) is 2.24. The van der Waals surface area contributed by atoms with E-state index in [1.165, 1.54) is 17.7 Å². The number of likely N-dealkylation sites (tertiary alicyclic amines) is 1. The van der Waals surface area contributed by atoms with E-state index in [4.69, 9.17) is 0 Å². The number of hydrogen-bond acceptors (Lipinski definition) is 3. The summed E-state index contributed by atoms with van der Waals surface area (Å²) < 4.78 is 0. The van der Waals surface area contributed by atoms with E-state index in [0.717, 1.165) is 19.6 Å². The number of carbonyl (C=O) groups is 1. The first kappa shape index (κ1) is 11.2. The molecule has 4 heteroatoms. The molecule has 2 fully saturated rings. The van der Waals surface area contributed by atoms with Gasteiger partial charge >= 0.3 is 0 Å². The van der Waals surface area contributed by atoms with Gasteiger partial charge in [0.25, 0.3) is 0 Å². The average molecular weight is 250 g/mol. The number of nitrogens with one attached hydrogen (secondary N) is 1. The number of hydrogen-bond donors (Lipinski definition) is 1. The van der Waals surface area contributed by atoms with Crippen LogP contribution in [0.5, 0.6) is 0 Å². The molecule has 3 rings (SSSR count). The second-order valence-corrected chi connectivity index (χ2v) is 6.00. The van der Waals surface area contributed by atoms with Gasteiger partial charge in [-0.15, -0.1) is 11.3 Å². The van der Waals surface area contributed by atoms with Crippen molar-refractivity contribution in [1.82, 2.24) is 10.2 Å². The molecule has 0 radical (unpaired) electrons. The van der Waals surface area contributed by atoms with Gasteiger partial charge in [-0.25, -0.2) is 0 Å². The number of piperidine rings is 1. The van der Waals surface area contributed by atoms with Gasteiger partial charge in [-0.3, -0.25) is 4.79 Å². The van der Waals surface area contributed by atoms with E-state index in [1.807, 2.05) is 11.4 Å². The largest absolute Gasteiger partial charge is 0.338 e. The van der Waals surface area contributed by atoms with E-state index in [9.17, 15) is 4.79 Å². The monoisotopic (exact) mass is 250 g/mol. The van der Waals surface area contributed by atoms with Crippen molar-refractivity contribution in [2.45, 2.75) is 25.3 Å². The Morgan fingerprint density at radius 1 is 1.53 bits per heavy atom. The molecule has 2 saturated heterocycles. The van der Waals surface area contributed by atoms with Crippen molar-refractivity contribution in [3.63, 3.8) is 0 Å². The van der Waals surface area contributed by atoms with E-state index in [0.29, 0.717) is 24.3 Å². The Kier molecular flexibility index (Phi) is 3.16. The Labute approximate surface area is 106 Å². The lowest BCUT2D eigenvalue weighted by Gasteiger charge is -2.37. The van der Waals surface area contributed by atoms with Gasteiger partial charge < -0.3 is 10.2 Å². The van der Waals surface area contributed by atoms with Crippen LogP contribution in [-0.4, -0.2) is 36.5 Å². The summed E-state index contributed by atoms with van der Waals surface area (Å²) >= 11 is 1.68. The summed E-state index contributed by atoms with van der Waals surface area (Å²) in [5.41, 5.74) is 0. The Hall–Kier alpha value is -0.870. The van der Waals surface area contributed by atoms with Crippen LogP contribution in [0.2, 0.25) is 0 Å². The molecule has 92 valence electrons. The number of thiophene rings is 1. The van der Waals surface area contributed by atoms with Crippen LogP contribution in [0.1, 0.15) is 17.7 Å². The van der Waals surface area contributed by atoms with Crippen LogP contribution in [0, 0.1) is 5.92 Å². The Morgan fingerprint density at radius 3 is 3.29 bits per heavy atom. The molecule has 3 nitrogen and oxygen atoms in total. The van der Waals surface area contributed by atoms with Gasteiger partial charge in [-0.2, -0.15) is 0 Å². The summed E-state index contributed by atoms with van der Waals surface area (Å²) in [6.45, 7) is 3.03. The first-order chi connectivity index (χ1) is 8.34. The zero-order valence-electron chi connectivity index (χ0n) is 9.89. The minimum absolute atomic E-state index is 0.311. The molecule has 1 aromatic rings. The molecule has 17 heavy (non-hydrogen) atoms. The van der Waals surface area contributed by atoms with Crippen molar-refractivity contribution in [2.75, 3.05) is 19.6 Å². The van der Waals surface area contributed by atoms with Crippen molar-refractivity contribution < 1.29 is 4.79 Å². The van der Waals surface area contributed by atoms with Crippen LogP contribution in [-0.2, 0) is 11.2 Å². The zero-order valence-corrected chi connectivity index (χ0v) is 10.7. The van der Waals surface area contributed by atoms with Gasteiger partial charge in [-0.1, -0.05) is 6.07 Å². The minimum Gasteiger partial charge on any atom is -0.338 e. The van der Waals surface area contributed by atoms with Gasteiger partial charge in [-0.05, 0) is 30.2 Å². The average Bonchev–Trinajstić information content (AvgIpc) is 2.97. The van der Waals surface area contributed by atoms with Crippen molar-refractivity contribution in [3.05, 3.63) is 22.4 Å². The number of nitrogens with zero attached hydrogens (tertiary/aromatic N) is 1. The molecule has 0 saturated carbocycles. The van der Waals surface area contributed by atoms with E-state index in [-0.39, 0.29) is 0 Å². The molecular formula is C13H18N2OS. The lowest BCUT2D eigenvalue weighted by atomic mass is 9.92. The highest BCUT2D eigenvalue weighted by Crippen LogP contribution is 2.27. The first-order valence-corrected chi connectivity index (χ1v) is 7.25. The van der Waals surface area contributed by atoms with E-state index < -0.39 is 0 Å². The number of carbonyl (C=O) groups excluding carboxylic acids is 1. The third-order valence-corrected chi connectivity index (χ3v) is 4.78. The molecule has 1 N–H and O–H groups in total. The molecule has 0 aromatic carbocycles. The molecule has 0 spiro atoms. The normalized spacial score (nSPS) is 28.1. The smallest absolute Gasteiger partial charge is 0.228 e. The minimum atomic E-state index is 0.311. The fourth-order valence-electron chi connectivity index (χ4n) is 3.04. The molecule has 2 aliphatic heterocycles. The highest BCUT2D eigenvalue weighted by atomic mass is 32.1. The van der Waals surface area contributed by atoms with E-state index in [2.05, 4.69) is 16.3 Å². The molecular weight excluding hydrogens is 232 g/mol. The van der Waals surface area contributed by atoms with Crippen molar-refractivity contribution >= 4 is 17.2 Å². The van der Waals surface area contributed by atoms with Gasteiger partial charge in [0.2, 0.25) is 5.91 Å². The second-order valence-electron chi connectivity index (χ2n) is 4.97. The fraction of sp³-hybridized carbons (Fsp3) is 0.615. The predicted molar refractivity (Wildman–Crippen MR) is 69.1 cm³/mol. The number of fused-ring (bicyclic) bond motifs is 1. The van der Waals surface area contributed by atoms with Crippen LogP contribution in [0.15, 0.2) is 17.5 Å². The predicted octanol–water partition coefficient (Wildman–Crippen LogP) is 1.50. The SMILES string of the molecule is O=C(Cc1cccs1)N1CCCC2CNCC21. The van der Waals surface area contributed by atoms with E-state index in [1.54, 1.807) is 11.3 Å². The molecule has 2 atom stereocenters. The highest BCUT2D eigenvalue weighted by Gasteiger charge is 2.37. The summed E-state index contributed by atoms with van der Waals surface area (Å²) in [7, 11) is 0. The van der Waals surface area contributed by atoms with Gasteiger partial charge in [0.05, 0.1) is 6.42 Å². The van der Waals surface area contributed by atoms with Crippen LogP contribution >= 0.6 is 11.3 Å². The Bertz CT molecular complexity index is 390. The Morgan fingerprint density at radius 2 is 2.47 bits per heavy atom. The van der Waals surface area contributed by atoms with Crippen molar-refractivity contribution in [1.29, 1.82) is 0 Å². The maximum Gasteiger partial charge on any atom is 0.228 e. The maximum absolute atomic E-state index is 12.3. The van der Waals surface area contributed by atoms with Crippen molar-refractivity contribution in [2.24, 2.45) is 5.92 Å². The summed E-state index contributed by atoms with van der Waals surface area (Å²) in [5.74, 6) is 1.00. The molecule has 3 heterocycles. The van der Waals surface area contributed by atoms with Gasteiger partial charge in [0.15, 0.2) is 0 Å². The molecule has 1 amide bonds. The quantitative estimate of drug-likeness (QED) is 0.863. The number of rotatable bonds is 2. The standard InChI is InChI=1S/C13H18N2OS/c16-13(7-11-4-2-6-17-11)15-5-1-3-10-8-14-9-12(10)15/h2,4,6,10,12,14H,1,3,5,7-9H2. The van der Waals surface area contributed by atoms with Crippen LogP contribution < -0.4 is 5.32 Å². The summed E-state index contributed by atoms with van der Waals surface area (Å²) in [6.07, 6.45) is 3.03. The third-order valence-electron chi connectivity index (χ3n) is 3.90. The van der Waals surface area contributed by atoms with Gasteiger partial charge in [0, 0.05) is 30.6 Å². The zero-order chi connectivity index (χ0) is 11.7. The summed E-state index contributed by atoms with van der Waals surface area (Å²) in [5, 5.41) is 5.46. The number of amides is 1. The Balaban J connectivity index is 1.68. The van der Waals surface area contributed by atoms with E-state index >= 15 is 0 Å². The molecule has 1 aromatic heterocycles. The lowest BCUT2D eigenvalue weighted by molar-refractivity contribution is -0.134. The highest BCUT2D eigenvalue weighted by molar-refractivity contribution is 7.10. The summed E-state index contributed by atoms with van der Waals surface area (Å²) in [6, 6.07) is 4.52. The van der Waals surface area contributed by atoms with Crippen molar-refractivity contribution in [3.8, 4) is 0 Å². The lowest BCUT2D eigenvalue weighted by Crippen LogP contribution is -2.48. The van der Waals surface area contributed by atoms with Gasteiger partial charge in [0.1, 0.15) is 0 Å². The molecule has 0 bridgehead atoms. The first-order valence-electron chi connectivity index (χ1n) is 6.37. The second kappa shape index (κ2) is 4.78. The molecule has 0 aliphatic carbocycles. The van der Waals surface area contributed by atoms with Crippen LogP contribution in [0.4, 0.5) is 0 Å². The topological polar surface area (TPSA) is 32.3 Å².